The maximum absolute atomic E-state index is 2.48. The van der Waals surface area contributed by atoms with Crippen LogP contribution in [0.25, 0.3) is 0 Å². The van der Waals surface area contributed by atoms with Gasteiger partial charge >= 0.3 is 0 Å². The van der Waals surface area contributed by atoms with Gasteiger partial charge in [0.2, 0.25) is 0 Å². The lowest BCUT2D eigenvalue weighted by Crippen LogP contribution is -2.14. The SMILES string of the molecule is CCCCCc1ccc(CCc2ccc([C@H]3CC[C@H](CCCCC)CC3)c(C)c2)c(C)c1. The van der Waals surface area contributed by atoms with Gasteiger partial charge in [0.05, 0.1) is 0 Å². The van der Waals surface area contributed by atoms with Gasteiger partial charge in [-0.25, -0.2) is 0 Å². The molecular formula is C32H48. The number of unbranched alkanes of at least 4 members (excludes halogenated alkanes) is 4. The second-order valence-electron chi connectivity index (χ2n) is 10.6. The number of benzene rings is 2. The van der Waals surface area contributed by atoms with Crippen LogP contribution in [0.3, 0.4) is 0 Å². The summed E-state index contributed by atoms with van der Waals surface area (Å²) < 4.78 is 0. The van der Waals surface area contributed by atoms with Gasteiger partial charge in [0.15, 0.2) is 0 Å². The summed E-state index contributed by atoms with van der Waals surface area (Å²) in [5.41, 5.74) is 9.18. The molecule has 0 saturated heterocycles. The number of aryl methyl sites for hydroxylation is 5. The third kappa shape index (κ3) is 7.50. The van der Waals surface area contributed by atoms with Crippen LogP contribution < -0.4 is 0 Å². The highest BCUT2D eigenvalue weighted by Crippen LogP contribution is 2.39. The predicted octanol–water partition coefficient (Wildman–Crippen LogP) is 9.68. The van der Waals surface area contributed by atoms with Gasteiger partial charge < -0.3 is 0 Å². The fourth-order valence-corrected chi connectivity index (χ4v) is 5.85. The average Bonchev–Trinajstić information content (AvgIpc) is 2.80. The van der Waals surface area contributed by atoms with Crippen molar-refractivity contribution in [1.29, 1.82) is 0 Å². The molecule has 0 aromatic heterocycles. The molecule has 0 atom stereocenters. The smallest absolute Gasteiger partial charge is 0.0159 e. The zero-order valence-corrected chi connectivity index (χ0v) is 21.5. The minimum Gasteiger partial charge on any atom is -0.0654 e. The van der Waals surface area contributed by atoms with Crippen LogP contribution in [0.1, 0.15) is 124 Å². The summed E-state index contributed by atoms with van der Waals surface area (Å²) in [6, 6.07) is 14.6. The summed E-state index contributed by atoms with van der Waals surface area (Å²) in [5.74, 6) is 1.80. The molecule has 1 saturated carbocycles. The predicted molar refractivity (Wildman–Crippen MR) is 142 cm³/mol. The molecule has 3 rings (SSSR count). The molecular weight excluding hydrogens is 384 g/mol. The van der Waals surface area contributed by atoms with Crippen LogP contribution in [-0.2, 0) is 19.3 Å². The molecule has 0 heteroatoms. The molecule has 0 unspecified atom stereocenters. The summed E-state index contributed by atoms with van der Waals surface area (Å²) in [4.78, 5) is 0. The molecule has 176 valence electrons. The molecule has 2 aromatic carbocycles. The van der Waals surface area contributed by atoms with Gasteiger partial charge in [0.25, 0.3) is 0 Å². The molecule has 0 heterocycles. The minimum atomic E-state index is 0.800. The van der Waals surface area contributed by atoms with Gasteiger partial charge in [-0.2, -0.15) is 0 Å². The molecule has 0 radical (unpaired) electrons. The van der Waals surface area contributed by atoms with Gasteiger partial charge in [-0.05, 0) is 110 Å². The fourth-order valence-electron chi connectivity index (χ4n) is 5.85. The Balaban J connectivity index is 1.50. The minimum absolute atomic E-state index is 0.800. The van der Waals surface area contributed by atoms with Crippen LogP contribution in [-0.4, -0.2) is 0 Å². The highest BCUT2D eigenvalue weighted by Gasteiger charge is 2.23. The second kappa shape index (κ2) is 13.2. The van der Waals surface area contributed by atoms with Crippen molar-refractivity contribution in [3.8, 4) is 0 Å². The summed E-state index contributed by atoms with van der Waals surface area (Å²) in [6.45, 7) is 9.24. The van der Waals surface area contributed by atoms with E-state index in [0.717, 1.165) is 24.7 Å². The zero-order valence-electron chi connectivity index (χ0n) is 21.5. The molecule has 1 fully saturated rings. The van der Waals surface area contributed by atoms with Crippen LogP contribution in [0.4, 0.5) is 0 Å². The van der Waals surface area contributed by atoms with Gasteiger partial charge in [0.1, 0.15) is 0 Å². The van der Waals surface area contributed by atoms with Crippen LogP contribution >= 0.6 is 0 Å². The van der Waals surface area contributed by atoms with E-state index in [4.69, 9.17) is 0 Å². The molecule has 0 amide bonds. The molecule has 0 bridgehead atoms. The van der Waals surface area contributed by atoms with E-state index in [-0.39, 0.29) is 0 Å². The Hall–Kier alpha value is -1.56. The van der Waals surface area contributed by atoms with E-state index in [2.05, 4.69) is 64.1 Å². The molecule has 32 heavy (non-hydrogen) atoms. The lowest BCUT2D eigenvalue weighted by atomic mass is 9.76. The monoisotopic (exact) mass is 432 g/mol. The van der Waals surface area contributed by atoms with E-state index >= 15 is 0 Å². The Morgan fingerprint density at radius 1 is 0.656 bits per heavy atom. The first-order valence-electron chi connectivity index (χ1n) is 13.8. The van der Waals surface area contributed by atoms with Crippen LogP contribution in [0.15, 0.2) is 36.4 Å². The maximum atomic E-state index is 2.48. The van der Waals surface area contributed by atoms with Crippen molar-refractivity contribution in [2.75, 3.05) is 0 Å². The van der Waals surface area contributed by atoms with E-state index in [0.29, 0.717) is 0 Å². The first kappa shape index (κ1) is 25.1. The summed E-state index contributed by atoms with van der Waals surface area (Å²) in [5, 5.41) is 0. The Morgan fingerprint density at radius 3 is 2.00 bits per heavy atom. The van der Waals surface area contributed by atoms with Crippen molar-refractivity contribution < 1.29 is 0 Å². The first-order chi connectivity index (χ1) is 15.6. The number of hydrogen-bond acceptors (Lipinski definition) is 0. The van der Waals surface area contributed by atoms with Crippen molar-refractivity contribution >= 4 is 0 Å². The number of hydrogen-bond donors (Lipinski definition) is 0. The molecule has 0 aliphatic heterocycles. The normalized spacial score (nSPS) is 18.8. The highest BCUT2D eigenvalue weighted by molar-refractivity contribution is 5.36. The van der Waals surface area contributed by atoms with Crippen molar-refractivity contribution in [2.45, 2.75) is 124 Å². The highest BCUT2D eigenvalue weighted by atomic mass is 14.3. The number of rotatable bonds is 12. The maximum Gasteiger partial charge on any atom is -0.0159 e. The van der Waals surface area contributed by atoms with E-state index in [1.54, 1.807) is 5.56 Å². The van der Waals surface area contributed by atoms with E-state index in [9.17, 15) is 0 Å². The molecule has 2 aromatic rings. The largest absolute Gasteiger partial charge is 0.0654 e. The van der Waals surface area contributed by atoms with Crippen LogP contribution in [0, 0.1) is 19.8 Å². The molecule has 0 nitrogen and oxygen atoms in total. The third-order valence-corrected chi connectivity index (χ3v) is 8.00. The van der Waals surface area contributed by atoms with E-state index < -0.39 is 0 Å². The Labute approximate surface area is 199 Å². The van der Waals surface area contributed by atoms with Crippen LogP contribution in [0.5, 0.6) is 0 Å². The van der Waals surface area contributed by atoms with Gasteiger partial charge in [-0.15, -0.1) is 0 Å². The fraction of sp³-hybridized carbons (Fsp3) is 0.625. The van der Waals surface area contributed by atoms with Gasteiger partial charge in [0, 0.05) is 0 Å². The van der Waals surface area contributed by atoms with Gasteiger partial charge in [-0.3, -0.25) is 0 Å². The Morgan fingerprint density at radius 2 is 1.31 bits per heavy atom. The van der Waals surface area contributed by atoms with Crippen LogP contribution in [0.2, 0.25) is 0 Å². The Bertz CT molecular complexity index is 807. The first-order valence-corrected chi connectivity index (χ1v) is 13.8. The molecule has 1 aliphatic rings. The Kier molecular flexibility index (Phi) is 10.4. The molecule has 1 aliphatic carbocycles. The lowest BCUT2D eigenvalue weighted by molar-refractivity contribution is 0.302. The zero-order chi connectivity index (χ0) is 22.8. The average molecular weight is 433 g/mol. The van der Waals surface area contributed by atoms with Crippen molar-refractivity contribution in [1.82, 2.24) is 0 Å². The topological polar surface area (TPSA) is 0 Å². The second-order valence-corrected chi connectivity index (χ2v) is 10.6. The van der Waals surface area contributed by atoms with E-state index in [1.165, 1.54) is 105 Å². The standard InChI is InChI=1S/C32H48/c1-5-7-9-11-27-13-20-31(21-14-27)32-22-17-29(24-26(32)4)16-19-30-18-15-28(23-25(30)3)12-10-8-6-2/h15,17-18,22-24,27,31H,5-14,16,19-21H2,1-4H3/t27-,31-. The molecule has 0 spiro atoms. The summed E-state index contributed by atoms with van der Waals surface area (Å²) in [7, 11) is 0. The lowest BCUT2D eigenvalue weighted by Gasteiger charge is -2.30. The van der Waals surface area contributed by atoms with Gasteiger partial charge in [-0.1, -0.05) is 88.8 Å². The van der Waals surface area contributed by atoms with Crippen molar-refractivity contribution in [3.63, 3.8) is 0 Å². The quantitative estimate of drug-likeness (QED) is 0.293. The summed E-state index contributed by atoms with van der Waals surface area (Å²) in [6.07, 6.45) is 18.9. The molecule has 0 N–H and O–H groups in total. The summed E-state index contributed by atoms with van der Waals surface area (Å²) >= 11 is 0. The van der Waals surface area contributed by atoms with Crippen molar-refractivity contribution in [3.05, 3.63) is 69.8 Å². The van der Waals surface area contributed by atoms with Crippen molar-refractivity contribution in [2.24, 2.45) is 5.92 Å². The van der Waals surface area contributed by atoms with E-state index in [1.807, 2.05) is 0 Å². The third-order valence-electron chi connectivity index (χ3n) is 8.00.